The summed E-state index contributed by atoms with van der Waals surface area (Å²) in [7, 11) is 0. The van der Waals surface area contributed by atoms with Crippen molar-refractivity contribution in [2.45, 2.75) is 68.6 Å². The summed E-state index contributed by atoms with van der Waals surface area (Å²) in [5, 5.41) is 12.2. The third-order valence-corrected chi connectivity index (χ3v) is 8.00. The van der Waals surface area contributed by atoms with Gasteiger partial charge in [0, 0.05) is 24.6 Å². The Morgan fingerprint density at radius 3 is 2.93 bits per heavy atom. The molecule has 1 saturated heterocycles. The number of carbonyl (C=O) groups is 2. The molecule has 7 nitrogen and oxygen atoms in total. The molecule has 3 aliphatic carbocycles. The molecule has 6 rings (SSSR count). The van der Waals surface area contributed by atoms with Crippen molar-refractivity contribution in [1.82, 2.24) is 4.90 Å². The quantitative estimate of drug-likeness (QED) is 0.599. The maximum absolute atomic E-state index is 13.0. The van der Waals surface area contributed by atoms with Crippen molar-refractivity contribution in [2.24, 2.45) is 5.92 Å². The number of ether oxygens (including phenoxy) is 3. The highest BCUT2D eigenvalue weighted by atomic mass is 16.7. The first-order valence-corrected chi connectivity index (χ1v) is 11.1. The zero-order chi connectivity index (χ0) is 20.7. The SMILES string of the molecule is CCOC(=O)Oc1ccc2c3c1O[C@H]1C(=O)CC[C@@]4(O)[C@@H](C2)N(CC2CC2)CC[C@]314. The van der Waals surface area contributed by atoms with Crippen molar-refractivity contribution in [3.05, 3.63) is 23.3 Å². The van der Waals surface area contributed by atoms with E-state index in [-0.39, 0.29) is 24.2 Å². The van der Waals surface area contributed by atoms with Gasteiger partial charge in [0.15, 0.2) is 23.4 Å². The number of ketones is 1. The van der Waals surface area contributed by atoms with E-state index in [1.165, 1.54) is 12.8 Å². The maximum atomic E-state index is 13.0. The molecule has 160 valence electrons. The van der Waals surface area contributed by atoms with Gasteiger partial charge in [-0.3, -0.25) is 9.69 Å². The van der Waals surface area contributed by atoms with Gasteiger partial charge < -0.3 is 19.3 Å². The molecule has 7 heteroatoms. The average Bonchev–Trinajstić information content (AvgIpc) is 3.45. The molecule has 2 bridgehead atoms. The molecule has 30 heavy (non-hydrogen) atoms. The molecule has 0 amide bonds. The minimum Gasteiger partial charge on any atom is -0.477 e. The molecule has 1 aromatic carbocycles. The van der Waals surface area contributed by atoms with Gasteiger partial charge in [-0.1, -0.05) is 6.07 Å². The molecule has 2 saturated carbocycles. The van der Waals surface area contributed by atoms with Gasteiger partial charge in [0.1, 0.15) is 0 Å². The van der Waals surface area contributed by atoms with E-state index in [0.717, 1.165) is 36.6 Å². The van der Waals surface area contributed by atoms with Crippen molar-refractivity contribution in [1.29, 1.82) is 0 Å². The highest BCUT2D eigenvalue weighted by Crippen LogP contribution is 2.65. The van der Waals surface area contributed by atoms with Crippen LogP contribution in [0.3, 0.4) is 0 Å². The third-order valence-electron chi connectivity index (χ3n) is 8.00. The zero-order valence-corrected chi connectivity index (χ0v) is 17.2. The summed E-state index contributed by atoms with van der Waals surface area (Å²) in [4.78, 5) is 27.4. The van der Waals surface area contributed by atoms with Crippen LogP contribution in [0, 0.1) is 5.92 Å². The molecule has 0 unspecified atom stereocenters. The van der Waals surface area contributed by atoms with Crippen LogP contribution >= 0.6 is 0 Å². The van der Waals surface area contributed by atoms with Gasteiger partial charge in [-0.2, -0.15) is 0 Å². The van der Waals surface area contributed by atoms with Crippen LogP contribution in [0.15, 0.2) is 12.1 Å². The number of carbonyl (C=O) groups excluding carboxylic acids is 2. The van der Waals surface area contributed by atoms with Gasteiger partial charge >= 0.3 is 6.16 Å². The molecule has 1 spiro atoms. The Morgan fingerprint density at radius 2 is 2.17 bits per heavy atom. The van der Waals surface area contributed by atoms with E-state index >= 15 is 0 Å². The lowest BCUT2D eigenvalue weighted by Gasteiger charge is -2.62. The highest BCUT2D eigenvalue weighted by Gasteiger charge is 2.73. The van der Waals surface area contributed by atoms with Gasteiger partial charge in [0.25, 0.3) is 0 Å². The number of piperidine rings is 1. The van der Waals surface area contributed by atoms with Crippen LogP contribution in [0.1, 0.15) is 50.2 Å². The second kappa shape index (κ2) is 6.20. The number of likely N-dealkylation sites (tertiary alicyclic amines) is 1. The summed E-state index contributed by atoms with van der Waals surface area (Å²) in [6.07, 6.45) is 3.19. The van der Waals surface area contributed by atoms with Crippen LogP contribution in [-0.4, -0.2) is 59.4 Å². The van der Waals surface area contributed by atoms with E-state index in [1.807, 2.05) is 6.07 Å². The Kier molecular flexibility index (Phi) is 3.85. The summed E-state index contributed by atoms with van der Waals surface area (Å²) < 4.78 is 16.6. The lowest BCUT2D eigenvalue weighted by molar-refractivity contribution is -0.188. The van der Waals surface area contributed by atoms with E-state index in [0.29, 0.717) is 25.0 Å². The fourth-order valence-corrected chi connectivity index (χ4v) is 6.57. The van der Waals surface area contributed by atoms with Crippen LogP contribution in [0.5, 0.6) is 11.5 Å². The molecule has 3 fully saturated rings. The minimum absolute atomic E-state index is 0.0127. The number of hydrogen-bond acceptors (Lipinski definition) is 7. The Morgan fingerprint density at radius 1 is 1.33 bits per heavy atom. The van der Waals surface area contributed by atoms with Crippen molar-refractivity contribution in [3.8, 4) is 11.5 Å². The zero-order valence-electron chi connectivity index (χ0n) is 17.2. The summed E-state index contributed by atoms with van der Waals surface area (Å²) >= 11 is 0. The predicted octanol–water partition coefficient (Wildman–Crippen LogP) is 2.36. The number of aliphatic hydroxyl groups is 1. The summed E-state index contributed by atoms with van der Waals surface area (Å²) in [5.74, 6) is 1.47. The molecule has 5 aliphatic rings. The fraction of sp³-hybridized carbons (Fsp3) is 0.652. The van der Waals surface area contributed by atoms with Gasteiger partial charge in [0.2, 0.25) is 0 Å². The monoisotopic (exact) mass is 413 g/mol. The average molecular weight is 413 g/mol. The van der Waals surface area contributed by atoms with Crippen LogP contribution < -0.4 is 9.47 Å². The van der Waals surface area contributed by atoms with Crippen molar-refractivity contribution in [3.63, 3.8) is 0 Å². The van der Waals surface area contributed by atoms with Gasteiger partial charge in [-0.25, -0.2) is 4.79 Å². The van der Waals surface area contributed by atoms with Crippen LogP contribution in [0.4, 0.5) is 4.79 Å². The number of hydrogen-bond donors (Lipinski definition) is 1. The summed E-state index contributed by atoms with van der Waals surface area (Å²) in [5.41, 5.74) is 0.199. The third kappa shape index (κ3) is 2.28. The number of Topliss-reactive ketones (excluding diaryl/α,β-unsaturated/α-hetero) is 1. The predicted molar refractivity (Wildman–Crippen MR) is 106 cm³/mol. The lowest BCUT2D eigenvalue weighted by atomic mass is 9.49. The molecule has 0 aromatic heterocycles. The standard InChI is InChI=1S/C23H27NO6/c1-2-28-21(26)29-16-6-5-14-11-17-23(27)8-7-15(25)20-22(23,18(14)19(16)30-20)9-10-24(17)12-13-3-4-13/h5-6,13,17,20,27H,2-4,7-12H2,1H3/t17-,20+,22+,23-/m1/s1. The Balaban J connectivity index is 1.48. The number of benzene rings is 1. The summed E-state index contributed by atoms with van der Waals surface area (Å²) in [6.45, 7) is 3.79. The normalized spacial score (nSPS) is 36.1. The Bertz CT molecular complexity index is 942. The van der Waals surface area contributed by atoms with Crippen LogP contribution in [-0.2, 0) is 21.4 Å². The molecule has 1 aromatic rings. The summed E-state index contributed by atoms with van der Waals surface area (Å²) in [6, 6.07) is 3.68. The van der Waals surface area contributed by atoms with Crippen LogP contribution in [0.2, 0.25) is 0 Å². The van der Waals surface area contributed by atoms with E-state index in [9.17, 15) is 14.7 Å². The van der Waals surface area contributed by atoms with E-state index in [1.54, 1.807) is 13.0 Å². The van der Waals surface area contributed by atoms with Crippen LogP contribution in [0.25, 0.3) is 0 Å². The maximum Gasteiger partial charge on any atom is 0.513 e. The van der Waals surface area contributed by atoms with E-state index in [2.05, 4.69) is 4.90 Å². The van der Waals surface area contributed by atoms with Crippen molar-refractivity contribution >= 4 is 11.9 Å². The highest BCUT2D eigenvalue weighted by molar-refractivity contribution is 5.90. The lowest BCUT2D eigenvalue weighted by Crippen LogP contribution is -2.76. The minimum atomic E-state index is -1.01. The molecule has 4 atom stereocenters. The molecule has 1 N–H and O–H groups in total. The number of rotatable bonds is 4. The first kappa shape index (κ1) is 18.6. The van der Waals surface area contributed by atoms with Gasteiger partial charge in [0.05, 0.1) is 17.6 Å². The molecule has 2 heterocycles. The van der Waals surface area contributed by atoms with Crippen molar-refractivity contribution < 1.29 is 28.9 Å². The molecule has 0 radical (unpaired) electrons. The molecule has 2 aliphatic heterocycles. The second-order valence-corrected chi connectivity index (χ2v) is 9.48. The molecular weight excluding hydrogens is 386 g/mol. The Hall–Kier alpha value is -2.12. The fourth-order valence-electron chi connectivity index (χ4n) is 6.57. The van der Waals surface area contributed by atoms with Gasteiger partial charge in [-0.05, 0) is 63.1 Å². The first-order valence-electron chi connectivity index (χ1n) is 11.1. The van der Waals surface area contributed by atoms with Gasteiger partial charge in [-0.15, -0.1) is 0 Å². The topological polar surface area (TPSA) is 85.3 Å². The largest absolute Gasteiger partial charge is 0.513 e. The second-order valence-electron chi connectivity index (χ2n) is 9.48. The molecular formula is C23H27NO6. The first-order chi connectivity index (χ1) is 14.5. The van der Waals surface area contributed by atoms with Crippen molar-refractivity contribution in [2.75, 3.05) is 19.7 Å². The van der Waals surface area contributed by atoms with E-state index < -0.39 is 23.3 Å². The smallest absolute Gasteiger partial charge is 0.477 e. The van der Waals surface area contributed by atoms with E-state index in [4.69, 9.17) is 14.2 Å². The number of nitrogens with zero attached hydrogens (tertiary/aromatic N) is 1. The Labute approximate surface area is 175 Å².